The normalized spacial score (nSPS) is 14.1. The molecule has 0 spiro atoms. The molecule has 2 heterocycles. The molecule has 0 unspecified atom stereocenters. The SMILES string of the molecule is COc1ccc(C(=O)Oc2ccc(CN3CCCC3)c3cccnc23)cc1OC. The van der Waals surface area contributed by atoms with Crippen molar-refractivity contribution >= 4 is 16.9 Å². The summed E-state index contributed by atoms with van der Waals surface area (Å²) in [7, 11) is 3.08. The van der Waals surface area contributed by atoms with Crippen LogP contribution in [0.2, 0.25) is 0 Å². The molecule has 6 nitrogen and oxygen atoms in total. The van der Waals surface area contributed by atoms with Gasteiger partial charge in [-0.05, 0) is 61.8 Å². The number of hydrogen-bond acceptors (Lipinski definition) is 6. The average molecular weight is 392 g/mol. The van der Waals surface area contributed by atoms with Crippen LogP contribution in [-0.2, 0) is 6.54 Å². The Bertz CT molecular complexity index is 1030. The van der Waals surface area contributed by atoms with Crippen LogP contribution in [0, 0.1) is 0 Å². The van der Waals surface area contributed by atoms with Crippen LogP contribution in [0.5, 0.6) is 17.2 Å². The standard InChI is InChI=1S/C23H24N2O4/c1-27-19-9-7-16(14-21(19)28-2)23(26)29-20-10-8-17(15-25-12-3-4-13-25)18-6-5-11-24-22(18)20/h5-11,14H,3-4,12-13,15H2,1-2H3. The highest BCUT2D eigenvalue weighted by Gasteiger charge is 2.18. The summed E-state index contributed by atoms with van der Waals surface area (Å²) in [6, 6.07) is 12.8. The van der Waals surface area contributed by atoms with Crippen molar-refractivity contribution in [3.05, 3.63) is 59.8 Å². The molecule has 2 aromatic carbocycles. The predicted molar refractivity (Wildman–Crippen MR) is 111 cm³/mol. The van der Waals surface area contributed by atoms with E-state index in [-0.39, 0.29) is 0 Å². The third-order valence-corrected chi connectivity index (χ3v) is 5.24. The molecule has 0 N–H and O–H groups in total. The maximum atomic E-state index is 12.7. The number of esters is 1. The molecular weight excluding hydrogens is 368 g/mol. The Morgan fingerprint density at radius 1 is 1.00 bits per heavy atom. The van der Waals surface area contributed by atoms with Crippen molar-refractivity contribution in [3.63, 3.8) is 0 Å². The van der Waals surface area contributed by atoms with E-state index in [1.54, 1.807) is 31.5 Å². The maximum Gasteiger partial charge on any atom is 0.343 e. The maximum absolute atomic E-state index is 12.7. The van der Waals surface area contributed by atoms with E-state index in [0.29, 0.717) is 28.3 Å². The second kappa shape index (κ2) is 8.49. The van der Waals surface area contributed by atoms with E-state index in [4.69, 9.17) is 14.2 Å². The van der Waals surface area contributed by atoms with Crippen LogP contribution >= 0.6 is 0 Å². The molecule has 0 amide bonds. The molecule has 1 saturated heterocycles. The van der Waals surface area contributed by atoms with Crippen molar-refractivity contribution in [2.45, 2.75) is 19.4 Å². The van der Waals surface area contributed by atoms with Crippen molar-refractivity contribution in [2.24, 2.45) is 0 Å². The number of methoxy groups -OCH3 is 2. The number of fused-ring (bicyclic) bond motifs is 1. The van der Waals surface area contributed by atoms with E-state index < -0.39 is 5.97 Å². The smallest absolute Gasteiger partial charge is 0.343 e. The highest BCUT2D eigenvalue weighted by molar-refractivity contribution is 5.95. The summed E-state index contributed by atoms with van der Waals surface area (Å²) in [5.41, 5.74) is 2.27. The van der Waals surface area contributed by atoms with Gasteiger partial charge in [-0.2, -0.15) is 0 Å². The van der Waals surface area contributed by atoms with Crippen LogP contribution in [0.4, 0.5) is 0 Å². The summed E-state index contributed by atoms with van der Waals surface area (Å²) >= 11 is 0. The number of rotatable bonds is 6. The van der Waals surface area contributed by atoms with Gasteiger partial charge in [-0.25, -0.2) is 4.79 Å². The minimum atomic E-state index is -0.467. The molecule has 0 aliphatic carbocycles. The minimum absolute atomic E-state index is 0.382. The number of hydrogen-bond donors (Lipinski definition) is 0. The first-order valence-corrected chi connectivity index (χ1v) is 9.73. The molecule has 29 heavy (non-hydrogen) atoms. The van der Waals surface area contributed by atoms with Crippen LogP contribution in [0.1, 0.15) is 28.8 Å². The fourth-order valence-electron chi connectivity index (χ4n) is 3.73. The molecule has 1 fully saturated rings. The van der Waals surface area contributed by atoms with E-state index in [1.807, 2.05) is 24.3 Å². The molecule has 1 aliphatic heterocycles. The first-order valence-electron chi connectivity index (χ1n) is 9.73. The number of benzene rings is 2. The van der Waals surface area contributed by atoms with Gasteiger partial charge >= 0.3 is 5.97 Å². The second-order valence-corrected chi connectivity index (χ2v) is 7.06. The summed E-state index contributed by atoms with van der Waals surface area (Å²) in [5.74, 6) is 1.02. The number of ether oxygens (including phenoxy) is 3. The summed E-state index contributed by atoms with van der Waals surface area (Å²) in [5, 5.41) is 1.01. The number of pyridine rings is 1. The van der Waals surface area contributed by atoms with Gasteiger partial charge in [-0.1, -0.05) is 12.1 Å². The zero-order valence-corrected chi connectivity index (χ0v) is 16.7. The summed E-state index contributed by atoms with van der Waals surface area (Å²) in [4.78, 5) is 19.7. The molecule has 150 valence electrons. The summed E-state index contributed by atoms with van der Waals surface area (Å²) in [6.07, 6.45) is 4.21. The fraction of sp³-hybridized carbons (Fsp3) is 0.304. The largest absolute Gasteiger partial charge is 0.493 e. The Morgan fingerprint density at radius 3 is 2.52 bits per heavy atom. The number of aromatic nitrogens is 1. The number of carbonyl (C=O) groups excluding carboxylic acids is 1. The van der Waals surface area contributed by atoms with E-state index in [2.05, 4.69) is 9.88 Å². The van der Waals surface area contributed by atoms with Gasteiger partial charge in [0.2, 0.25) is 0 Å². The van der Waals surface area contributed by atoms with Crippen LogP contribution in [0.15, 0.2) is 48.7 Å². The molecule has 6 heteroatoms. The lowest BCUT2D eigenvalue weighted by Crippen LogP contribution is -2.18. The Labute approximate surface area is 170 Å². The van der Waals surface area contributed by atoms with Gasteiger partial charge in [-0.15, -0.1) is 0 Å². The zero-order valence-electron chi connectivity index (χ0n) is 16.7. The fourth-order valence-corrected chi connectivity index (χ4v) is 3.73. The van der Waals surface area contributed by atoms with Crippen molar-refractivity contribution in [1.82, 2.24) is 9.88 Å². The Morgan fingerprint density at radius 2 is 1.76 bits per heavy atom. The van der Waals surface area contributed by atoms with Crippen LogP contribution in [0.3, 0.4) is 0 Å². The highest BCUT2D eigenvalue weighted by atomic mass is 16.5. The minimum Gasteiger partial charge on any atom is -0.493 e. The number of carbonyl (C=O) groups is 1. The van der Waals surface area contributed by atoms with Crippen LogP contribution in [-0.4, -0.2) is 43.2 Å². The highest BCUT2D eigenvalue weighted by Crippen LogP contribution is 2.31. The lowest BCUT2D eigenvalue weighted by Gasteiger charge is -2.17. The zero-order chi connectivity index (χ0) is 20.2. The predicted octanol–water partition coefficient (Wildman–Crippen LogP) is 4.07. The lowest BCUT2D eigenvalue weighted by molar-refractivity contribution is 0.0736. The van der Waals surface area contributed by atoms with Crippen LogP contribution < -0.4 is 14.2 Å². The molecule has 0 atom stereocenters. The Hall–Kier alpha value is -3.12. The first kappa shape index (κ1) is 19.2. The van der Waals surface area contributed by atoms with Gasteiger partial charge in [0, 0.05) is 18.1 Å². The Kier molecular flexibility index (Phi) is 5.62. The van der Waals surface area contributed by atoms with Gasteiger partial charge in [0.25, 0.3) is 0 Å². The van der Waals surface area contributed by atoms with Gasteiger partial charge in [0.1, 0.15) is 5.52 Å². The van der Waals surface area contributed by atoms with Gasteiger partial charge in [-0.3, -0.25) is 9.88 Å². The monoisotopic (exact) mass is 392 g/mol. The van der Waals surface area contributed by atoms with Crippen molar-refractivity contribution < 1.29 is 19.0 Å². The van der Waals surface area contributed by atoms with Gasteiger partial charge in [0.15, 0.2) is 17.2 Å². The molecule has 0 radical (unpaired) electrons. The van der Waals surface area contributed by atoms with E-state index in [9.17, 15) is 4.79 Å². The van der Waals surface area contributed by atoms with Gasteiger partial charge < -0.3 is 14.2 Å². The van der Waals surface area contributed by atoms with E-state index in [1.165, 1.54) is 25.5 Å². The van der Waals surface area contributed by atoms with Crippen molar-refractivity contribution in [3.8, 4) is 17.2 Å². The third-order valence-electron chi connectivity index (χ3n) is 5.24. The summed E-state index contributed by atoms with van der Waals surface area (Å²) in [6.45, 7) is 3.13. The number of nitrogens with zero attached hydrogens (tertiary/aromatic N) is 2. The van der Waals surface area contributed by atoms with Crippen molar-refractivity contribution in [1.29, 1.82) is 0 Å². The Balaban J connectivity index is 1.62. The molecular formula is C23H24N2O4. The third kappa shape index (κ3) is 4.03. The number of likely N-dealkylation sites (tertiary alicyclic amines) is 1. The molecule has 0 saturated carbocycles. The molecule has 0 bridgehead atoms. The second-order valence-electron chi connectivity index (χ2n) is 7.06. The van der Waals surface area contributed by atoms with Crippen molar-refractivity contribution in [2.75, 3.05) is 27.3 Å². The molecule has 1 aromatic heterocycles. The van der Waals surface area contributed by atoms with E-state index >= 15 is 0 Å². The summed E-state index contributed by atoms with van der Waals surface area (Å²) < 4.78 is 16.2. The first-order chi connectivity index (χ1) is 14.2. The van der Waals surface area contributed by atoms with Gasteiger partial charge in [0.05, 0.1) is 19.8 Å². The van der Waals surface area contributed by atoms with E-state index in [0.717, 1.165) is 25.0 Å². The average Bonchev–Trinajstić information content (AvgIpc) is 3.28. The molecule has 4 rings (SSSR count). The topological polar surface area (TPSA) is 60.9 Å². The molecule has 3 aromatic rings. The quantitative estimate of drug-likeness (QED) is 0.466. The lowest BCUT2D eigenvalue weighted by atomic mass is 10.1. The van der Waals surface area contributed by atoms with Crippen LogP contribution in [0.25, 0.3) is 10.9 Å². The molecule has 1 aliphatic rings.